The lowest BCUT2D eigenvalue weighted by atomic mass is 10.5. The Morgan fingerprint density at radius 3 is 3.11 bits per heavy atom. The fraction of sp³-hybridized carbons (Fsp3) is 1.00. The third-order valence-corrected chi connectivity index (χ3v) is 1.41. The first-order valence-corrected chi connectivity index (χ1v) is 3.68. The molecule has 1 fully saturated rings. The van der Waals surface area contributed by atoms with Gasteiger partial charge in [0, 0.05) is 19.6 Å². The van der Waals surface area contributed by atoms with E-state index in [4.69, 9.17) is 0 Å². The van der Waals surface area contributed by atoms with Gasteiger partial charge in [0.15, 0.2) is 0 Å². The highest BCUT2D eigenvalue weighted by atomic mass is 15.7. The van der Waals surface area contributed by atoms with Crippen LogP contribution in [0.2, 0.25) is 0 Å². The van der Waals surface area contributed by atoms with E-state index in [1.165, 1.54) is 12.8 Å². The van der Waals surface area contributed by atoms with Gasteiger partial charge >= 0.3 is 0 Å². The van der Waals surface area contributed by atoms with Crippen LogP contribution >= 0.6 is 0 Å². The molecule has 1 aliphatic heterocycles. The summed E-state index contributed by atoms with van der Waals surface area (Å²) in [7, 11) is 0. The van der Waals surface area contributed by atoms with E-state index in [2.05, 4.69) is 22.9 Å². The molecule has 0 spiro atoms. The summed E-state index contributed by atoms with van der Waals surface area (Å²) in [6, 6.07) is 0. The van der Waals surface area contributed by atoms with Crippen LogP contribution in [0.1, 0.15) is 19.8 Å². The van der Waals surface area contributed by atoms with Crippen molar-refractivity contribution in [1.29, 1.82) is 0 Å². The number of rotatable bonds is 3. The van der Waals surface area contributed by atoms with Crippen LogP contribution in [0.3, 0.4) is 0 Å². The lowest BCUT2D eigenvalue weighted by Gasteiger charge is -2.15. The zero-order valence-corrected chi connectivity index (χ0v) is 5.98. The number of nitrogens with zero attached hydrogens (tertiary/aromatic N) is 1. The Morgan fingerprint density at radius 2 is 2.56 bits per heavy atom. The first kappa shape index (κ1) is 6.99. The standard InChI is InChI=1S/C6H15N3/c1-2-4-7-9-6-3-5-8-9/h7-8H,2-6H2,1H3. The zero-order valence-electron chi connectivity index (χ0n) is 5.98. The lowest BCUT2D eigenvalue weighted by molar-refractivity contribution is 0.166. The second-order valence-electron chi connectivity index (χ2n) is 2.32. The predicted octanol–water partition coefficient (Wildman–Crippen LogP) is 0.111. The van der Waals surface area contributed by atoms with Gasteiger partial charge < -0.3 is 0 Å². The Hall–Kier alpha value is -0.120. The fourth-order valence-electron chi connectivity index (χ4n) is 0.912. The van der Waals surface area contributed by atoms with Gasteiger partial charge in [-0.25, -0.2) is 10.9 Å². The van der Waals surface area contributed by atoms with Gasteiger partial charge in [-0.3, -0.25) is 0 Å². The van der Waals surface area contributed by atoms with Crippen molar-refractivity contribution in [2.75, 3.05) is 19.6 Å². The van der Waals surface area contributed by atoms with Crippen molar-refractivity contribution in [1.82, 2.24) is 16.0 Å². The van der Waals surface area contributed by atoms with Crippen LogP contribution < -0.4 is 10.9 Å². The third-order valence-electron chi connectivity index (χ3n) is 1.41. The van der Waals surface area contributed by atoms with E-state index in [1.807, 2.05) is 0 Å². The molecule has 0 unspecified atom stereocenters. The minimum atomic E-state index is 1.08. The van der Waals surface area contributed by atoms with Crippen LogP contribution in [0.15, 0.2) is 0 Å². The lowest BCUT2D eigenvalue weighted by Crippen LogP contribution is -2.43. The van der Waals surface area contributed by atoms with Crippen LogP contribution in [-0.2, 0) is 0 Å². The van der Waals surface area contributed by atoms with Gasteiger partial charge in [-0.15, -0.1) is 0 Å². The van der Waals surface area contributed by atoms with Crippen LogP contribution in [0.4, 0.5) is 0 Å². The molecule has 0 atom stereocenters. The second kappa shape index (κ2) is 3.82. The van der Waals surface area contributed by atoms with Crippen molar-refractivity contribution < 1.29 is 0 Å². The van der Waals surface area contributed by atoms with Crippen LogP contribution in [0.5, 0.6) is 0 Å². The summed E-state index contributed by atoms with van der Waals surface area (Å²) in [6.07, 6.45) is 2.45. The molecule has 0 aliphatic carbocycles. The molecule has 0 bridgehead atoms. The molecule has 0 aromatic heterocycles. The predicted molar refractivity (Wildman–Crippen MR) is 37.6 cm³/mol. The van der Waals surface area contributed by atoms with E-state index in [0.717, 1.165) is 19.6 Å². The Kier molecular flexibility index (Phi) is 2.97. The van der Waals surface area contributed by atoms with Gasteiger partial charge in [-0.1, -0.05) is 6.92 Å². The van der Waals surface area contributed by atoms with Gasteiger partial charge in [0.05, 0.1) is 0 Å². The van der Waals surface area contributed by atoms with Gasteiger partial charge in [-0.05, 0) is 12.8 Å². The number of nitrogens with one attached hydrogen (secondary N) is 2. The third kappa shape index (κ3) is 2.30. The molecule has 2 N–H and O–H groups in total. The SMILES string of the molecule is CCCNN1CCCN1. The molecular weight excluding hydrogens is 114 g/mol. The van der Waals surface area contributed by atoms with Crippen molar-refractivity contribution in [3.05, 3.63) is 0 Å². The summed E-state index contributed by atoms with van der Waals surface area (Å²) in [5.41, 5.74) is 6.47. The summed E-state index contributed by atoms with van der Waals surface area (Å²) in [4.78, 5) is 0. The maximum Gasteiger partial charge on any atom is 0.0300 e. The van der Waals surface area contributed by atoms with E-state index in [-0.39, 0.29) is 0 Å². The van der Waals surface area contributed by atoms with Crippen molar-refractivity contribution in [3.63, 3.8) is 0 Å². The van der Waals surface area contributed by atoms with Crippen molar-refractivity contribution in [2.45, 2.75) is 19.8 Å². The van der Waals surface area contributed by atoms with E-state index in [0.29, 0.717) is 0 Å². The maximum atomic E-state index is 3.25. The summed E-state index contributed by atoms with van der Waals surface area (Å²) in [6.45, 7) is 5.51. The number of hydrogen-bond donors (Lipinski definition) is 2. The molecule has 1 aliphatic rings. The normalized spacial score (nSPS) is 21.0. The molecule has 0 aromatic carbocycles. The molecule has 0 radical (unpaired) electrons. The first-order valence-electron chi connectivity index (χ1n) is 3.68. The van der Waals surface area contributed by atoms with E-state index in [9.17, 15) is 0 Å². The minimum Gasteiger partial charge on any atom is -0.242 e. The smallest absolute Gasteiger partial charge is 0.0300 e. The zero-order chi connectivity index (χ0) is 6.53. The fourth-order valence-corrected chi connectivity index (χ4v) is 0.912. The largest absolute Gasteiger partial charge is 0.242 e. The molecule has 3 heteroatoms. The second-order valence-corrected chi connectivity index (χ2v) is 2.32. The summed E-state index contributed by atoms with van der Waals surface area (Å²) >= 11 is 0. The summed E-state index contributed by atoms with van der Waals surface area (Å²) < 4.78 is 0. The van der Waals surface area contributed by atoms with Gasteiger partial charge in [0.2, 0.25) is 0 Å². The number of hydrogen-bond acceptors (Lipinski definition) is 3. The van der Waals surface area contributed by atoms with Crippen LogP contribution in [0, 0.1) is 0 Å². The highest BCUT2D eigenvalue weighted by Crippen LogP contribution is 1.90. The Balaban J connectivity index is 1.98. The molecule has 1 saturated heterocycles. The van der Waals surface area contributed by atoms with Gasteiger partial charge in [0.1, 0.15) is 0 Å². The molecule has 0 aromatic rings. The minimum absolute atomic E-state index is 1.08. The van der Waals surface area contributed by atoms with Gasteiger partial charge in [0.25, 0.3) is 0 Å². The quantitative estimate of drug-likeness (QED) is 0.566. The molecule has 9 heavy (non-hydrogen) atoms. The van der Waals surface area contributed by atoms with Crippen molar-refractivity contribution in [2.24, 2.45) is 0 Å². The molecule has 1 heterocycles. The highest BCUT2D eigenvalue weighted by molar-refractivity contribution is 4.56. The first-order chi connectivity index (χ1) is 4.43. The molecular formula is C6H15N3. The topological polar surface area (TPSA) is 27.3 Å². The molecule has 3 nitrogen and oxygen atoms in total. The van der Waals surface area contributed by atoms with Gasteiger partial charge in [-0.2, -0.15) is 5.12 Å². The highest BCUT2D eigenvalue weighted by Gasteiger charge is 2.07. The number of hydrazine groups is 2. The maximum absolute atomic E-state index is 3.25. The van der Waals surface area contributed by atoms with E-state index < -0.39 is 0 Å². The van der Waals surface area contributed by atoms with Crippen LogP contribution in [-0.4, -0.2) is 24.8 Å². The molecule has 0 saturated carbocycles. The molecule has 54 valence electrons. The summed E-state index contributed by atoms with van der Waals surface area (Å²) in [5.74, 6) is 0. The Morgan fingerprint density at radius 1 is 1.67 bits per heavy atom. The Bertz CT molecular complexity index is 68.7. The molecule has 0 amide bonds. The van der Waals surface area contributed by atoms with Crippen LogP contribution in [0.25, 0.3) is 0 Å². The van der Waals surface area contributed by atoms with E-state index >= 15 is 0 Å². The van der Waals surface area contributed by atoms with Crippen molar-refractivity contribution >= 4 is 0 Å². The van der Waals surface area contributed by atoms with Crippen molar-refractivity contribution in [3.8, 4) is 0 Å². The Labute approximate surface area is 56.4 Å². The average molecular weight is 129 g/mol. The van der Waals surface area contributed by atoms with E-state index in [1.54, 1.807) is 0 Å². The summed E-state index contributed by atoms with van der Waals surface area (Å²) in [5, 5.41) is 2.07. The molecule has 1 rings (SSSR count). The average Bonchev–Trinajstić information content (AvgIpc) is 2.34. The monoisotopic (exact) mass is 129 g/mol.